The molecule has 2 N–H and O–H groups in total. The van der Waals surface area contributed by atoms with Crippen LogP contribution in [0.15, 0.2) is 6.07 Å². The summed E-state index contributed by atoms with van der Waals surface area (Å²) in [7, 11) is 0. The summed E-state index contributed by atoms with van der Waals surface area (Å²) < 4.78 is 2.07. The normalized spacial score (nSPS) is 14.5. The van der Waals surface area contributed by atoms with E-state index in [4.69, 9.17) is 0 Å². The Morgan fingerprint density at radius 3 is 2.92 bits per heavy atom. The molecule has 0 aromatic carbocycles. The molecule has 0 saturated carbocycles. The van der Waals surface area contributed by atoms with Gasteiger partial charge in [0.2, 0.25) is 0 Å². The molecule has 1 aliphatic rings. The molecule has 3 heterocycles. The molecule has 8 heteroatoms. The van der Waals surface area contributed by atoms with Gasteiger partial charge in [0.1, 0.15) is 4.88 Å². The molecule has 142 valence electrons. The van der Waals surface area contributed by atoms with Crippen molar-refractivity contribution in [3.05, 3.63) is 28.0 Å². The Morgan fingerprint density at radius 2 is 2.19 bits per heavy atom. The van der Waals surface area contributed by atoms with Crippen LogP contribution in [-0.2, 0) is 19.6 Å². The van der Waals surface area contributed by atoms with Crippen LogP contribution in [0.25, 0.3) is 0 Å². The molecular formula is C18H28N6OS. The number of aryl methyl sites for hydroxylation is 1. The molecule has 3 rings (SSSR count). The van der Waals surface area contributed by atoms with Crippen LogP contribution in [0, 0.1) is 12.8 Å². The minimum Gasteiger partial charge on any atom is -0.362 e. The van der Waals surface area contributed by atoms with Gasteiger partial charge in [-0.2, -0.15) is 5.10 Å². The molecule has 0 bridgehead atoms. The summed E-state index contributed by atoms with van der Waals surface area (Å²) in [4.78, 5) is 20.0. The average Bonchev–Trinajstić information content (AvgIpc) is 3.15. The Balaban J connectivity index is 1.59. The third-order valence-electron chi connectivity index (χ3n) is 4.31. The van der Waals surface area contributed by atoms with Gasteiger partial charge in [-0.15, -0.1) is 0 Å². The zero-order valence-electron chi connectivity index (χ0n) is 16.0. The van der Waals surface area contributed by atoms with Crippen molar-refractivity contribution in [3.63, 3.8) is 0 Å². The number of nitrogens with zero attached hydrogens (tertiary/aromatic N) is 4. The first-order valence-corrected chi connectivity index (χ1v) is 10.0. The van der Waals surface area contributed by atoms with Crippen LogP contribution < -0.4 is 10.6 Å². The van der Waals surface area contributed by atoms with Gasteiger partial charge in [-0.25, -0.2) is 4.98 Å². The van der Waals surface area contributed by atoms with E-state index in [1.807, 2.05) is 13.8 Å². The van der Waals surface area contributed by atoms with Gasteiger partial charge in [0.05, 0.1) is 30.2 Å². The van der Waals surface area contributed by atoms with Gasteiger partial charge in [0.15, 0.2) is 5.13 Å². The Bertz CT molecular complexity index is 766. The highest BCUT2D eigenvalue weighted by Gasteiger charge is 2.20. The molecule has 1 aliphatic heterocycles. The minimum atomic E-state index is -0.0865. The molecule has 7 nitrogen and oxygen atoms in total. The summed E-state index contributed by atoms with van der Waals surface area (Å²) in [5, 5.41) is 11.6. The molecule has 0 saturated heterocycles. The maximum atomic E-state index is 12.5. The molecule has 0 spiro atoms. The Labute approximate surface area is 158 Å². The van der Waals surface area contributed by atoms with E-state index in [1.165, 1.54) is 17.0 Å². The molecule has 26 heavy (non-hydrogen) atoms. The highest BCUT2D eigenvalue weighted by Crippen LogP contribution is 2.22. The van der Waals surface area contributed by atoms with E-state index in [2.05, 4.69) is 50.2 Å². The van der Waals surface area contributed by atoms with Crippen molar-refractivity contribution in [1.82, 2.24) is 25.0 Å². The number of carbonyl (C=O) groups is 1. The monoisotopic (exact) mass is 376 g/mol. The third-order valence-corrected chi connectivity index (χ3v) is 5.43. The topological polar surface area (TPSA) is 75.1 Å². The summed E-state index contributed by atoms with van der Waals surface area (Å²) >= 11 is 1.39. The van der Waals surface area contributed by atoms with E-state index in [9.17, 15) is 4.79 Å². The van der Waals surface area contributed by atoms with Gasteiger partial charge in [-0.3, -0.25) is 14.4 Å². The summed E-state index contributed by atoms with van der Waals surface area (Å²) in [5.74, 6) is 0.578. The Kier molecular flexibility index (Phi) is 5.93. The quantitative estimate of drug-likeness (QED) is 0.776. The predicted molar refractivity (Wildman–Crippen MR) is 105 cm³/mol. The fourth-order valence-electron chi connectivity index (χ4n) is 3.22. The van der Waals surface area contributed by atoms with Crippen LogP contribution >= 0.6 is 11.3 Å². The largest absolute Gasteiger partial charge is 0.362 e. The van der Waals surface area contributed by atoms with Crippen molar-refractivity contribution in [2.75, 3.05) is 25.0 Å². The number of carbonyl (C=O) groups excluding carboxylic acids is 1. The molecule has 0 radical (unpaired) electrons. The molecule has 0 aliphatic carbocycles. The lowest BCUT2D eigenvalue weighted by molar-refractivity contribution is 0.0953. The molecule has 1 amide bonds. The smallest absolute Gasteiger partial charge is 0.263 e. The van der Waals surface area contributed by atoms with Crippen LogP contribution in [0.3, 0.4) is 0 Å². The van der Waals surface area contributed by atoms with Crippen LogP contribution in [-0.4, -0.2) is 45.2 Å². The molecular weight excluding hydrogens is 348 g/mol. The first-order chi connectivity index (χ1) is 12.5. The number of thiazole rings is 1. The van der Waals surface area contributed by atoms with Crippen molar-refractivity contribution < 1.29 is 4.79 Å². The van der Waals surface area contributed by atoms with Gasteiger partial charge in [-0.05, 0) is 25.8 Å². The number of anilines is 1. The zero-order chi connectivity index (χ0) is 18.7. The SMILES string of the molecule is CCNc1nc(C)c(C(=O)NCc2cc3n(n2)CCN(CC(C)C)C3)s1. The van der Waals surface area contributed by atoms with Gasteiger partial charge in [0.25, 0.3) is 5.91 Å². The maximum absolute atomic E-state index is 12.5. The number of nitrogens with one attached hydrogen (secondary N) is 2. The highest BCUT2D eigenvalue weighted by molar-refractivity contribution is 7.17. The summed E-state index contributed by atoms with van der Waals surface area (Å²) in [5.41, 5.74) is 2.90. The van der Waals surface area contributed by atoms with Crippen LogP contribution in [0.4, 0.5) is 5.13 Å². The second kappa shape index (κ2) is 8.18. The number of amides is 1. The van der Waals surface area contributed by atoms with E-state index >= 15 is 0 Å². The Morgan fingerprint density at radius 1 is 1.38 bits per heavy atom. The molecule has 0 fully saturated rings. The lowest BCUT2D eigenvalue weighted by Crippen LogP contribution is -2.36. The van der Waals surface area contributed by atoms with Crippen molar-refractivity contribution >= 4 is 22.4 Å². The summed E-state index contributed by atoms with van der Waals surface area (Å²) in [6.45, 7) is 13.6. The predicted octanol–water partition coefficient (Wildman–Crippen LogP) is 2.48. The fourth-order valence-corrected chi connectivity index (χ4v) is 4.17. The van der Waals surface area contributed by atoms with E-state index < -0.39 is 0 Å². The van der Waals surface area contributed by atoms with E-state index in [0.29, 0.717) is 17.3 Å². The third kappa shape index (κ3) is 4.42. The van der Waals surface area contributed by atoms with Crippen LogP contribution in [0.5, 0.6) is 0 Å². The van der Waals surface area contributed by atoms with E-state index in [-0.39, 0.29) is 5.91 Å². The molecule has 2 aromatic heterocycles. The Hall–Kier alpha value is -1.93. The number of fused-ring (bicyclic) bond motifs is 1. The van der Waals surface area contributed by atoms with E-state index in [1.54, 1.807) is 0 Å². The fraction of sp³-hybridized carbons (Fsp3) is 0.611. The maximum Gasteiger partial charge on any atom is 0.263 e. The first-order valence-electron chi connectivity index (χ1n) is 9.23. The number of hydrogen-bond donors (Lipinski definition) is 2. The lowest BCUT2D eigenvalue weighted by Gasteiger charge is -2.28. The number of rotatable bonds is 7. The lowest BCUT2D eigenvalue weighted by atomic mass is 10.2. The second-order valence-corrected chi connectivity index (χ2v) is 8.12. The van der Waals surface area contributed by atoms with Crippen LogP contribution in [0.1, 0.15) is 47.5 Å². The molecule has 2 aromatic rings. The first kappa shape index (κ1) is 18.8. The average molecular weight is 377 g/mol. The van der Waals surface area contributed by atoms with Gasteiger partial charge in [0, 0.05) is 26.2 Å². The van der Waals surface area contributed by atoms with Crippen molar-refractivity contribution in [3.8, 4) is 0 Å². The van der Waals surface area contributed by atoms with Crippen molar-refractivity contribution in [2.24, 2.45) is 5.92 Å². The van der Waals surface area contributed by atoms with Crippen molar-refractivity contribution in [2.45, 2.75) is 47.3 Å². The van der Waals surface area contributed by atoms with Crippen molar-refractivity contribution in [1.29, 1.82) is 0 Å². The molecule has 0 unspecified atom stereocenters. The summed E-state index contributed by atoms with van der Waals surface area (Å²) in [6, 6.07) is 2.11. The van der Waals surface area contributed by atoms with Gasteiger partial charge >= 0.3 is 0 Å². The summed E-state index contributed by atoms with van der Waals surface area (Å²) in [6.07, 6.45) is 0. The second-order valence-electron chi connectivity index (χ2n) is 7.13. The standard InChI is InChI=1S/C18H28N6OS/c1-5-19-18-21-13(4)16(26-18)17(25)20-9-14-8-15-11-23(10-12(2)3)6-7-24(15)22-14/h8,12H,5-7,9-11H2,1-4H3,(H,19,21)(H,20,25). The zero-order valence-corrected chi connectivity index (χ0v) is 16.8. The van der Waals surface area contributed by atoms with Crippen LogP contribution in [0.2, 0.25) is 0 Å². The van der Waals surface area contributed by atoms with Gasteiger partial charge in [-0.1, -0.05) is 25.2 Å². The van der Waals surface area contributed by atoms with E-state index in [0.717, 1.165) is 49.2 Å². The minimum absolute atomic E-state index is 0.0865. The highest BCUT2D eigenvalue weighted by atomic mass is 32.1. The number of hydrogen-bond acceptors (Lipinski definition) is 6. The molecule has 0 atom stereocenters. The van der Waals surface area contributed by atoms with Gasteiger partial charge < -0.3 is 10.6 Å². The number of aromatic nitrogens is 3.